The van der Waals surface area contributed by atoms with Crippen LogP contribution in [0.3, 0.4) is 0 Å². The van der Waals surface area contributed by atoms with Gasteiger partial charge in [0.15, 0.2) is 0 Å². The van der Waals surface area contributed by atoms with Gasteiger partial charge in [0.2, 0.25) is 0 Å². The summed E-state index contributed by atoms with van der Waals surface area (Å²) in [6.07, 6.45) is 1.88. The summed E-state index contributed by atoms with van der Waals surface area (Å²) in [5.74, 6) is 0.550. The molecule has 1 aromatic carbocycles. The van der Waals surface area contributed by atoms with E-state index in [2.05, 4.69) is 32.2 Å². The summed E-state index contributed by atoms with van der Waals surface area (Å²) >= 11 is 0. The number of rotatable bonds is 5. The van der Waals surface area contributed by atoms with Gasteiger partial charge in [-0.1, -0.05) is 19.4 Å². The maximum atomic E-state index is 13.3. The van der Waals surface area contributed by atoms with Gasteiger partial charge < -0.3 is 5.32 Å². The van der Waals surface area contributed by atoms with Crippen molar-refractivity contribution in [3.05, 3.63) is 72.4 Å². The predicted octanol–water partition coefficient (Wildman–Crippen LogP) is 5.80. The molecule has 0 saturated carbocycles. The average molecular weight is 409 g/mol. The number of alkyl halides is 3. The van der Waals surface area contributed by atoms with Crippen molar-refractivity contribution in [1.82, 2.24) is 19.9 Å². The molecule has 1 N–H and O–H groups in total. The van der Waals surface area contributed by atoms with Crippen LogP contribution in [0, 0.1) is 0 Å². The highest BCUT2D eigenvalue weighted by Crippen LogP contribution is 2.36. The van der Waals surface area contributed by atoms with Crippen molar-refractivity contribution in [2.45, 2.75) is 25.9 Å². The minimum atomic E-state index is -4.49. The number of pyridine rings is 2. The van der Waals surface area contributed by atoms with Gasteiger partial charge >= 0.3 is 6.18 Å². The zero-order valence-corrected chi connectivity index (χ0v) is 16.1. The number of halogens is 3. The molecule has 0 bridgehead atoms. The van der Waals surface area contributed by atoms with Crippen LogP contribution in [-0.2, 0) is 12.6 Å². The molecule has 5 nitrogen and oxygen atoms in total. The van der Waals surface area contributed by atoms with E-state index in [0.29, 0.717) is 22.3 Å². The van der Waals surface area contributed by atoms with Crippen molar-refractivity contribution < 1.29 is 13.2 Å². The van der Waals surface area contributed by atoms with Crippen LogP contribution < -0.4 is 5.32 Å². The van der Waals surface area contributed by atoms with E-state index in [9.17, 15) is 13.2 Å². The molecule has 0 unspecified atom stereocenters. The Labute approximate surface area is 171 Å². The number of nitrogens with one attached hydrogen (secondary N) is 1. The first-order valence-corrected chi connectivity index (χ1v) is 9.45. The predicted molar refractivity (Wildman–Crippen MR) is 109 cm³/mol. The first kappa shape index (κ1) is 19.8. The molecular formula is C22H18F3N5. The lowest BCUT2D eigenvalue weighted by Crippen LogP contribution is -2.08. The molecule has 0 aliphatic carbocycles. The van der Waals surface area contributed by atoms with Crippen LogP contribution in [0.5, 0.6) is 0 Å². The Kier molecular flexibility index (Phi) is 5.31. The maximum Gasteiger partial charge on any atom is 0.418 e. The number of hydrogen-bond acceptors (Lipinski definition) is 5. The third-order valence-electron chi connectivity index (χ3n) is 4.62. The van der Waals surface area contributed by atoms with Crippen LogP contribution in [0.15, 0.2) is 61.2 Å². The second-order valence-electron chi connectivity index (χ2n) is 6.76. The van der Waals surface area contributed by atoms with Crippen molar-refractivity contribution in [3.63, 3.8) is 0 Å². The van der Waals surface area contributed by atoms with Crippen molar-refractivity contribution in [1.29, 1.82) is 0 Å². The highest BCUT2D eigenvalue weighted by atomic mass is 19.4. The Bertz CT molecular complexity index is 1170. The van der Waals surface area contributed by atoms with E-state index in [4.69, 9.17) is 0 Å². The molecule has 3 heterocycles. The van der Waals surface area contributed by atoms with E-state index in [0.717, 1.165) is 30.3 Å². The van der Waals surface area contributed by atoms with Crippen LogP contribution >= 0.6 is 0 Å². The third kappa shape index (κ3) is 4.07. The summed E-state index contributed by atoms with van der Waals surface area (Å²) < 4.78 is 40.0. The number of aryl methyl sites for hydroxylation is 1. The van der Waals surface area contributed by atoms with E-state index in [-0.39, 0.29) is 5.69 Å². The number of benzene rings is 1. The van der Waals surface area contributed by atoms with Crippen LogP contribution in [0.2, 0.25) is 0 Å². The van der Waals surface area contributed by atoms with Gasteiger partial charge in [0.05, 0.1) is 28.7 Å². The minimum absolute atomic E-state index is 0.129. The van der Waals surface area contributed by atoms with Crippen LogP contribution in [0.4, 0.5) is 24.7 Å². The zero-order valence-electron chi connectivity index (χ0n) is 16.1. The lowest BCUT2D eigenvalue weighted by Gasteiger charge is -2.13. The van der Waals surface area contributed by atoms with Crippen molar-refractivity contribution in [3.8, 4) is 11.3 Å². The molecule has 0 spiro atoms. The van der Waals surface area contributed by atoms with E-state index < -0.39 is 11.7 Å². The third-order valence-corrected chi connectivity index (χ3v) is 4.62. The van der Waals surface area contributed by atoms with Gasteiger partial charge in [-0.3, -0.25) is 9.97 Å². The van der Waals surface area contributed by atoms with E-state index >= 15 is 0 Å². The molecule has 0 fully saturated rings. The topological polar surface area (TPSA) is 63.6 Å². The van der Waals surface area contributed by atoms with Gasteiger partial charge in [-0.2, -0.15) is 13.2 Å². The second kappa shape index (κ2) is 8.06. The fraction of sp³-hybridized carbons (Fsp3) is 0.182. The molecule has 0 amide bonds. The fourth-order valence-corrected chi connectivity index (χ4v) is 3.21. The Morgan fingerprint density at radius 3 is 2.57 bits per heavy atom. The van der Waals surface area contributed by atoms with Crippen molar-refractivity contribution >= 4 is 22.4 Å². The summed E-state index contributed by atoms with van der Waals surface area (Å²) in [6, 6.07) is 11.0. The Balaban J connectivity index is 1.70. The molecule has 4 rings (SSSR count). The summed E-state index contributed by atoms with van der Waals surface area (Å²) in [7, 11) is 0. The van der Waals surface area contributed by atoms with Gasteiger partial charge in [0, 0.05) is 22.8 Å². The molecule has 8 heteroatoms. The van der Waals surface area contributed by atoms with Crippen molar-refractivity contribution in [2.75, 3.05) is 5.32 Å². The number of nitrogens with zero attached hydrogens (tertiary/aromatic N) is 4. The van der Waals surface area contributed by atoms with E-state index in [1.807, 2.05) is 12.1 Å². The highest BCUT2D eigenvalue weighted by Gasteiger charge is 2.34. The molecule has 0 radical (unpaired) electrons. The van der Waals surface area contributed by atoms with Gasteiger partial charge in [0.25, 0.3) is 0 Å². The molecule has 3 aromatic heterocycles. The molecule has 152 valence electrons. The molecular weight excluding hydrogens is 391 g/mol. The summed E-state index contributed by atoms with van der Waals surface area (Å²) in [5, 5.41) is 3.89. The molecule has 0 saturated heterocycles. The number of fused-ring (bicyclic) bond motifs is 1. The Morgan fingerprint density at radius 2 is 1.83 bits per heavy atom. The molecule has 0 aliphatic rings. The Morgan fingerprint density at radius 1 is 0.967 bits per heavy atom. The minimum Gasteiger partial charge on any atom is -0.338 e. The largest absolute Gasteiger partial charge is 0.418 e. The van der Waals surface area contributed by atoms with Crippen LogP contribution in [0.1, 0.15) is 24.6 Å². The monoisotopic (exact) mass is 409 g/mol. The first-order valence-electron chi connectivity index (χ1n) is 9.45. The van der Waals surface area contributed by atoms with Crippen molar-refractivity contribution in [2.24, 2.45) is 0 Å². The van der Waals surface area contributed by atoms with Gasteiger partial charge in [-0.05, 0) is 42.8 Å². The standard InChI is InChI=1S/C22H18F3N5/c1-2-4-15-7-8-16(12-27-15)30-21-17-9-6-14(11-19(17)28-13-29-21)20-18(22(23,24)25)5-3-10-26-20/h3,5-13H,2,4H2,1H3,(H,28,29,30). The number of anilines is 2. The van der Waals surface area contributed by atoms with Crippen LogP contribution in [0.25, 0.3) is 22.2 Å². The van der Waals surface area contributed by atoms with Gasteiger partial charge in [0.1, 0.15) is 12.1 Å². The first-order chi connectivity index (χ1) is 14.5. The summed E-state index contributed by atoms with van der Waals surface area (Å²) in [5.41, 5.74) is 1.72. The SMILES string of the molecule is CCCc1ccc(Nc2ncnc3cc(-c4ncccc4C(F)(F)F)ccc23)cn1. The smallest absolute Gasteiger partial charge is 0.338 e. The molecule has 4 aromatic rings. The fourth-order valence-electron chi connectivity index (χ4n) is 3.21. The molecule has 30 heavy (non-hydrogen) atoms. The lowest BCUT2D eigenvalue weighted by molar-refractivity contribution is -0.137. The molecule has 0 atom stereocenters. The van der Waals surface area contributed by atoms with Gasteiger partial charge in [-0.25, -0.2) is 9.97 Å². The quantitative estimate of drug-likeness (QED) is 0.451. The summed E-state index contributed by atoms with van der Waals surface area (Å²) in [4.78, 5) is 16.9. The number of aromatic nitrogens is 4. The lowest BCUT2D eigenvalue weighted by atomic mass is 10.0. The highest BCUT2D eigenvalue weighted by molar-refractivity contribution is 5.93. The molecule has 0 aliphatic heterocycles. The second-order valence-corrected chi connectivity index (χ2v) is 6.76. The zero-order chi connectivity index (χ0) is 21.1. The Hall–Kier alpha value is -3.55. The normalized spacial score (nSPS) is 11.6. The number of hydrogen-bond donors (Lipinski definition) is 1. The maximum absolute atomic E-state index is 13.3. The average Bonchev–Trinajstić information content (AvgIpc) is 2.74. The van der Waals surface area contributed by atoms with Crippen LogP contribution in [-0.4, -0.2) is 19.9 Å². The van der Waals surface area contributed by atoms with Gasteiger partial charge in [-0.15, -0.1) is 0 Å². The van der Waals surface area contributed by atoms with E-state index in [1.54, 1.807) is 24.4 Å². The van der Waals surface area contributed by atoms with E-state index in [1.165, 1.54) is 18.6 Å². The summed E-state index contributed by atoms with van der Waals surface area (Å²) in [6.45, 7) is 2.09.